The molecule has 5 nitrogen and oxygen atoms in total. The van der Waals surface area contributed by atoms with Gasteiger partial charge in [0, 0.05) is 50.0 Å². The van der Waals surface area contributed by atoms with Crippen molar-refractivity contribution in [3.05, 3.63) is 53.5 Å². The largest absolute Gasteiger partial charge is 0.368 e. The minimum absolute atomic E-state index is 0.0402. The molecule has 3 aromatic rings. The third kappa shape index (κ3) is 2.71. The number of aryl methyl sites for hydroxylation is 1. The lowest BCUT2D eigenvalue weighted by molar-refractivity contribution is 0.590. The van der Waals surface area contributed by atoms with Crippen LogP contribution in [-0.2, 0) is 13.6 Å². The Morgan fingerprint density at radius 3 is 2.74 bits per heavy atom. The third-order valence-corrected chi connectivity index (χ3v) is 3.54. The Balaban J connectivity index is 2.15. The average molecular weight is 313 g/mol. The van der Waals surface area contributed by atoms with Crippen LogP contribution >= 0.6 is 0 Å². The van der Waals surface area contributed by atoms with Gasteiger partial charge in [0.2, 0.25) is 0 Å². The lowest BCUT2D eigenvalue weighted by atomic mass is 10.1. The number of benzene rings is 1. The molecule has 0 aliphatic rings. The van der Waals surface area contributed by atoms with Crippen molar-refractivity contribution in [2.24, 2.45) is 7.05 Å². The molecular formula is C16H13F2N5. The quantitative estimate of drug-likeness (QED) is 0.746. The minimum Gasteiger partial charge on any atom is -0.368 e. The number of pyridine rings is 1. The fourth-order valence-corrected chi connectivity index (χ4v) is 2.61. The van der Waals surface area contributed by atoms with Crippen molar-refractivity contribution in [3.63, 3.8) is 0 Å². The van der Waals surface area contributed by atoms with Gasteiger partial charge < -0.3 is 4.90 Å². The lowest BCUT2D eigenvalue weighted by Gasteiger charge is -2.21. The Labute approximate surface area is 131 Å². The maximum Gasteiger partial charge on any atom is 0.152 e. The molecule has 0 aliphatic carbocycles. The van der Waals surface area contributed by atoms with E-state index in [9.17, 15) is 14.0 Å². The zero-order valence-corrected chi connectivity index (χ0v) is 12.6. The molecule has 0 unspecified atom stereocenters. The van der Waals surface area contributed by atoms with Crippen molar-refractivity contribution in [2.45, 2.75) is 6.54 Å². The van der Waals surface area contributed by atoms with E-state index in [4.69, 9.17) is 0 Å². The van der Waals surface area contributed by atoms with Crippen LogP contribution in [-0.4, -0.2) is 21.8 Å². The van der Waals surface area contributed by atoms with Crippen LogP contribution in [0.3, 0.4) is 0 Å². The van der Waals surface area contributed by atoms with Gasteiger partial charge in [0.1, 0.15) is 17.4 Å². The average Bonchev–Trinajstić information content (AvgIpc) is 2.90. The summed E-state index contributed by atoms with van der Waals surface area (Å²) in [5.74, 6) is -1.46. The van der Waals surface area contributed by atoms with E-state index in [1.807, 2.05) is 12.3 Å². The highest BCUT2D eigenvalue weighted by Crippen LogP contribution is 2.31. The van der Waals surface area contributed by atoms with E-state index in [-0.39, 0.29) is 16.5 Å². The Morgan fingerprint density at radius 2 is 2.09 bits per heavy atom. The SMILES string of the molecule is CN(Cc1cnn(C)c1)c1c(C#N)cnc2c(F)cc(F)cc12. The van der Waals surface area contributed by atoms with Crippen LogP contribution in [0.4, 0.5) is 14.5 Å². The summed E-state index contributed by atoms with van der Waals surface area (Å²) in [6, 6.07) is 4.01. The van der Waals surface area contributed by atoms with Crippen LogP contribution in [0, 0.1) is 23.0 Å². The number of aromatic nitrogens is 3. The molecular weight excluding hydrogens is 300 g/mol. The van der Waals surface area contributed by atoms with Gasteiger partial charge in [0.05, 0.1) is 17.4 Å². The summed E-state index contributed by atoms with van der Waals surface area (Å²) in [5.41, 5.74) is 1.66. The Morgan fingerprint density at radius 1 is 1.30 bits per heavy atom. The zero-order valence-electron chi connectivity index (χ0n) is 12.6. The lowest BCUT2D eigenvalue weighted by Crippen LogP contribution is -2.18. The molecule has 0 fully saturated rings. The van der Waals surface area contributed by atoms with Crippen molar-refractivity contribution in [1.29, 1.82) is 5.26 Å². The molecule has 0 spiro atoms. The Kier molecular flexibility index (Phi) is 3.66. The van der Waals surface area contributed by atoms with Crippen LogP contribution in [0.25, 0.3) is 10.9 Å². The summed E-state index contributed by atoms with van der Waals surface area (Å²) in [7, 11) is 3.56. The number of halogens is 2. The van der Waals surface area contributed by atoms with Crippen molar-refractivity contribution in [1.82, 2.24) is 14.8 Å². The number of hydrogen-bond acceptors (Lipinski definition) is 4. The number of fused-ring (bicyclic) bond motifs is 1. The minimum atomic E-state index is -0.750. The smallest absolute Gasteiger partial charge is 0.152 e. The molecule has 0 saturated heterocycles. The molecule has 2 aromatic heterocycles. The van der Waals surface area contributed by atoms with Gasteiger partial charge in [-0.25, -0.2) is 8.78 Å². The van der Waals surface area contributed by atoms with Crippen LogP contribution in [0.5, 0.6) is 0 Å². The Bertz CT molecular complexity index is 926. The molecule has 1 aromatic carbocycles. The normalized spacial score (nSPS) is 10.7. The van der Waals surface area contributed by atoms with Gasteiger partial charge in [-0.05, 0) is 6.07 Å². The van der Waals surface area contributed by atoms with Crippen molar-refractivity contribution < 1.29 is 8.78 Å². The summed E-state index contributed by atoms with van der Waals surface area (Å²) in [5, 5.41) is 13.7. The molecule has 0 radical (unpaired) electrons. The number of nitrogens with zero attached hydrogens (tertiary/aromatic N) is 5. The van der Waals surface area contributed by atoms with Gasteiger partial charge in [-0.1, -0.05) is 0 Å². The van der Waals surface area contributed by atoms with E-state index < -0.39 is 11.6 Å². The summed E-state index contributed by atoms with van der Waals surface area (Å²) in [4.78, 5) is 5.70. The molecule has 0 amide bonds. The van der Waals surface area contributed by atoms with E-state index in [2.05, 4.69) is 10.1 Å². The van der Waals surface area contributed by atoms with Crippen LogP contribution < -0.4 is 4.90 Å². The highest BCUT2D eigenvalue weighted by Gasteiger charge is 2.17. The maximum absolute atomic E-state index is 13.9. The van der Waals surface area contributed by atoms with Crippen LogP contribution in [0.1, 0.15) is 11.1 Å². The topological polar surface area (TPSA) is 57.7 Å². The van der Waals surface area contributed by atoms with Crippen LogP contribution in [0.2, 0.25) is 0 Å². The molecule has 0 N–H and O–H groups in total. The van der Waals surface area contributed by atoms with E-state index in [0.717, 1.165) is 11.6 Å². The molecule has 7 heteroatoms. The highest BCUT2D eigenvalue weighted by molar-refractivity contribution is 5.94. The fourth-order valence-electron chi connectivity index (χ4n) is 2.61. The molecule has 0 bridgehead atoms. The second kappa shape index (κ2) is 5.65. The number of rotatable bonds is 3. The van der Waals surface area contributed by atoms with Gasteiger partial charge in [-0.3, -0.25) is 9.67 Å². The second-order valence-electron chi connectivity index (χ2n) is 5.29. The van der Waals surface area contributed by atoms with Gasteiger partial charge in [-0.15, -0.1) is 0 Å². The van der Waals surface area contributed by atoms with Crippen molar-refractivity contribution in [3.8, 4) is 6.07 Å². The zero-order chi connectivity index (χ0) is 16.6. The monoisotopic (exact) mass is 313 g/mol. The van der Waals surface area contributed by atoms with Crippen molar-refractivity contribution >= 4 is 16.6 Å². The highest BCUT2D eigenvalue weighted by atomic mass is 19.1. The molecule has 0 aliphatic heterocycles. The number of anilines is 1. The van der Waals surface area contributed by atoms with Gasteiger partial charge in [-0.2, -0.15) is 10.4 Å². The first kappa shape index (κ1) is 14.9. The molecule has 2 heterocycles. The van der Waals surface area contributed by atoms with Crippen molar-refractivity contribution in [2.75, 3.05) is 11.9 Å². The summed E-state index contributed by atoms with van der Waals surface area (Å²) in [6.07, 6.45) is 4.85. The first-order chi connectivity index (χ1) is 11.0. The van der Waals surface area contributed by atoms with Gasteiger partial charge in [0.25, 0.3) is 0 Å². The maximum atomic E-state index is 13.9. The summed E-state index contributed by atoms with van der Waals surface area (Å²) >= 11 is 0. The van der Waals surface area contributed by atoms with E-state index >= 15 is 0 Å². The van der Waals surface area contributed by atoms with Crippen LogP contribution in [0.15, 0.2) is 30.7 Å². The summed E-state index contributed by atoms with van der Waals surface area (Å²) in [6.45, 7) is 0.444. The summed E-state index contributed by atoms with van der Waals surface area (Å²) < 4.78 is 29.2. The molecule has 0 atom stereocenters. The standard InChI is InChI=1S/C16H13F2N5/c1-22(8-10-6-21-23(2)9-10)16-11(5-19)7-20-15-13(16)3-12(17)4-14(15)18/h3-4,6-7,9H,8H2,1-2H3. The fraction of sp³-hybridized carbons (Fsp3) is 0.188. The predicted octanol–water partition coefficient (Wildman–Crippen LogP) is 2.75. The van der Waals surface area contributed by atoms with Gasteiger partial charge in [0.15, 0.2) is 5.82 Å². The second-order valence-corrected chi connectivity index (χ2v) is 5.29. The molecule has 3 rings (SSSR count). The Hall–Kier alpha value is -3.01. The van der Waals surface area contributed by atoms with E-state index in [0.29, 0.717) is 12.2 Å². The van der Waals surface area contributed by atoms with Gasteiger partial charge >= 0.3 is 0 Å². The van der Waals surface area contributed by atoms with E-state index in [1.54, 1.807) is 29.9 Å². The first-order valence-electron chi connectivity index (χ1n) is 6.86. The number of hydrogen-bond donors (Lipinski definition) is 0. The third-order valence-electron chi connectivity index (χ3n) is 3.54. The van der Waals surface area contributed by atoms with E-state index in [1.165, 1.54) is 12.3 Å². The molecule has 23 heavy (non-hydrogen) atoms. The number of nitriles is 1. The molecule has 116 valence electrons. The predicted molar refractivity (Wildman–Crippen MR) is 81.7 cm³/mol. The molecule has 0 saturated carbocycles. The first-order valence-corrected chi connectivity index (χ1v) is 6.86.